The van der Waals surface area contributed by atoms with E-state index in [4.69, 9.17) is 0 Å². The monoisotopic (exact) mass is 321 g/mol. The molecule has 3 rings (SSSR count). The van der Waals surface area contributed by atoms with Crippen LogP contribution in [0.15, 0.2) is 22.7 Å². The van der Waals surface area contributed by atoms with Crippen LogP contribution in [0.25, 0.3) is 0 Å². The second-order valence-corrected chi connectivity index (χ2v) is 8.31. The van der Waals surface area contributed by atoms with Crippen LogP contribution in [-0.2, 0) is 12.8 Å². The van der Waals surface area contributed by atoms with Crippen molar-refractivity contribution in [1.82, 2.24) is 5.32 Å². The molecule has 104 valence electrons. The highest BCUT2D eigenvalue weighted by molar-refractivity contribution is 9.10. The molecule has 1 atom stereocenters. The molecular weight excluding hydrogens is 298 g/mol. The third kappa shape index (κ3) is 2.17. The van der Waals surface area contributed by atoms with Crippen molar-refractivity contribution in [2.75, 3.05) is 0 Å². The second-order valence-electron chi connectivity index (χ2n) is 7.40. The molecule has 0 spiro atoms. The van der Waals surface area contributed by atoms with E-state index in [1.165, 1.54) is 34.9 Å². The number of fused-ring (bicyclic) bond motifs is 1. The molecule has 1 aromatic carbocycles. The Morgan fingerprint density at radius 2 is 1.79 bits per heavy atom. The van der Waals surface area contributed by atoms with Crippen molar-refractivity contribution >= 4 is 15.9 Å². The van der Waals surface area contributed by atoms with Gasteiger partial charge in [-0.25, -0.2) is 0 Å². The lowest BCUT2D eigenvalue weighted by Gasteiger charge is -2.27. The van der Waals surface area contributed by atoms with Gasteiger partial charge in [-0.3, -0.25) is 0 Å². The van der Waals surface area contributed by atoms with Gasteiger partial charge in [0.1, 0.15) is 0 Å². The van der Waals surface area contributed by atoms with Crippen molar-refractivity contribution in [2.45, 2.75) is 59.0 Å². The van der Waals surface area contributed by atoms with E-state index in [1.54, 1.807) is 0 Å². The maximum atomic E-state index is 3.92. The fourth-order valence-corrected chi connectivity index (χ4v) is 4.12. The highest BCUT2D eigenvalue weighted by atomic mass is 79.9. The first-order valence-corrected chi connectivity index (χ1v) is 8.15. The Balaban J connectivity index is 1.69. The van der Waals surface area contributed by atoms with Crippen LogP contribution in [0, 0.1) is 10.8 Å². The van der Waals surface area contributed by atoms with Gasteiger partial charge in [-0.15, -0.1) is 0 Å². The molecule has 1 fully saturated rings. The van der Waals surface area contributed by atoms with Gasteiger partial charge in [-0.05, 0) is 53.4 Å². The van der Waals surface area contributed by atoms with Crippen LogP contribution >= 0.6 is 15.9 Å². The highest BCUT2D eigenvalue weighted by Gasteiger charge is 2.64. The summed E-state index contributed by atoms with van der Waals surface area (Å²) in [5.41, 5.74) is 3.94. The van der Waals surface area contributed by atoms with E-state index in [9.17, 15) is 0 Å². The number of hydrogen-bond acceptors (Lipinski definition) is 1. The summed E-state index contributed by atoms with van der Waals surface area (Å²) in [5.74, 6) is 0. The summed E-state index contributed by atoms with van der Waals surface area (Å²) in [7, 11) is 0. The smallest absolute Gasteiger partial charge is 0.0183 e. The summed E-state index contributed by atoms with van der Waals surface area (Å²) >= 11 is 3.57. The Morgan fingerprint density at radius 3 is 2.42 bits per heavy atom. The van der Waals surface area contributed by atoms with Crippen LogP contribution in [0.1, 0.15) is 45.2 Å². The number of hydrogen-bond donors (Lipinski definition) is 1. The summed E-state index contributed by atoms with van der Waals surface area (Å²) in [4.78, 5) is 0. The van der Waals surface area contributed by atoms with Crippen molar-refractivity contribution in [3.8, 4) is 0 Å². The first-order chi connectivity index (χ1) is 8.82. The quantitative estimate of drug-likeness (QED) is 0.854. The standard InChI is InChI=1S/C17H24BrN/c1-16(2)15(17(16,3)4)19-14-8-6-11-9-13(18)7-5-12(11)10-14/h5,7,9,14-15,19H,6,8,10H2,1-4H3. The fraction of sp³-hybridized carbons (Fsp3) is 0.647. The lowest BCUT2D eigenvalue weighted by atomic mass is 9.88. The fourth-order valence-electron chi connectivity index (χ4n) is 3.71. The summed E-state index contributed by atoms with van der Waals surface area (Å²) in [5, 5.41) is 3.92. The third-order valence-corrected chi connectivity index (χ3v) is 6.31. The maximum Gasteiger partial charge on any atom is 0.0183 e. The minimum absolute atomic E-state index is 0.437. The average molecular weight is 322 g/mol. The third-order valence-electron chi connectivity index (χ3n) is 5.82. The maximum absolute atomic E-state index is 3.92. The topological polar surface area (TPSA) is 12.0 Å². The van der Waals surface area contributed by atoms with Crippen LogP contribution in [0.3, 0.4) is 0 Å². The van der Waals surface area contributed by atoms with E-state index < -0.39 is 0 Å². The van der Waals surface area contributed by atoms with Crippen molar-refractivity contribution in [2.24, 2.45) is 10.8 Å². The zero-order valence-corrected chi connectivity index (χ0v) is 14.0. The molecule has 1 nitrogen and oxygen atoms in total. The molecule has 0 radical (unpaired) electrons. The summed E-state index contributed by atoms with van der Waals surface area (Å²) in [6, 6.07) is 8.07. The molecule has 2 aliphatic carbocycles. The van der Waals surface area contributed by atoms with Crippen molar-refractivity contribution in [3.05, 3.63) is 33.8 Å². The van der Waals surface area contributed by atoms with E-state index in [2.05, 4.69) is 67.1 Å². The molecule has 0 saturated heterocycles. The molecule has 1 unspecified atom stereocenters. The Bertz CT molecular complexity index is 490. The molecule has 0 bridgehead atoms. The molecule has 2 heteroatoms. The predicted octanol–water partition coefficient (Wildman–Crippen LogP) is 4.33. The Morgan fingerprint density at radius 1 is 1.11 bits per heavy atom. The van der Waals surface area contributed by atoms with E-state index in [1.807, 2.05) is 0 Å². The lowest BCUT2D eigenvalue weighted by molar-refractivity contribution is 0.419. The minimum Gasteiger partial charge on any atom is -0.310 e. The molecule has 1 saturated carbocycles. The van der Waals surface area contributed by atoms with Gasteiger partial charge in [-0.1, -0.05) is 49.7 Å². The van der Waals surface area contributed by atoms with Crippen LogP contribution in [0.2, 0.25) is 0 Å². The molecule has 19 heavy (non-hydrogen) atoms. The zero-order chi connectivity index (χ0) is 13.8. The SMILES string of the molecule is CC1(C)C(NC2CCc3cc(Br)ccc3C2)C1(C)C. The Labute approximate surface area is 125 Å². The van der Waals surface area contributed by atoms with Gasteiger partial charge in [0, 0.05) is 16.6 Å². The summed E-state index contributed by atoms with van der Waals surface area (Å²) < 4.78 is 1.21. The van der Waals surface area contributed by atoms with Crippen LogP contribution in [-0.4, -0.2) is 12.1 Å². The van der Waals surface area contributed by atoms with Gasteiger partial charge in [0.25, 0.3) is 0 Å². The molecule has 1 N–H and O–H groups in total. The summed E-state index contributed by atoms with van der Waals surface area (Å²) in [6.45, 7) is 9.55. The normalized spacial score (nSPS) is 27.9. The minimum atomic E-state index is 0.437. The average Bonchev–Trinajstić information content (AvgIpc) is 2.72. The lowest BCUT2D eigenvalue weighted by Crippen LogP contribution is -2.38. The zero-order valence-electron chi connectivity index (χ0n) is 12.4. The predicted molar refractivity (Wildman–Crippen MR) is 84.4 cm³/mol. The molecule has 0 aliphatic heterocycles. The van der Waals surface area contributed by atoms with E-state index in [-0.39, 0.29) is 0 Å². The van der Waals surface area contributed by atoms with Gasteiger partial charge >= 0.3 is 0 Å². The van der Waals surface area contributed by atoms with Crippen molar-refractivity contribution < 1.29 is 0 Å². The van der Waals surface area contributed by atoms with Gasteiger partial charge in [-0.2, -0.15) is 0 Å². The van der Waals surface area contributed by atoms with Crippen LogP contribution < -0.4 is 5.32 Å². The van der Waals surface area contributed by atoms with Gasteiger partial charge in [0.05, 0.1) is 0 Å². The van der Waals surface area contributed by atoms with E-state index in [0.717, 1.165) is 0 Å². The highest BCUT2D eigenvalue weighted by Crippen LogP contribution is 2.62. The van der Waals surface area contributed by atoms with Gasteiger partial charge < -0.3 is 5.32 Å². The van der Waals surface area contributed by atoms with E-state index in [0.29, 0.717) is 22.9 Å². The van der Waals surface area contributed by atoms with Crippen molar-refractivity contribution in [3.63, 3.8) is 0 Å². The number of nitrogens with one attached hydrogen (secondary N) is 1. The molecule has 0 aromatic heterocycles. The molecular formula is C17H24BrN. The van der Waals surface area contributed by atoms with Gasteiger partial charge in [0.2, 0.25) is 0 Å². The van der Waals surface area contributed by atoms with Crippen LogP contribution in [0.5, 0.6) is 0 Å². The summed E-state index contributed by atoms with van der Waals surface area (Å²) in [6.07, 6.45) is 3.66. The Hall–Kier alpha value is -0.340. The molecule has 1 aromatic rings. The Kier molecular flexibility index (Phi) is 3.10. The molecule has 0 heterocycles. The number of benzene rings is 1. The molecule has 0 amide bonds. The largest absolute Gasteiger partial charge is 0.310 e. The van der Waals surface area contributed by atoms with Crippen molar-refractivity contribution in [1.29, 1.82) is 0 Å². The first-order valence-electron chi connectivity index (χ1n) is 7.36. The first kappa shape index (κ1) is 13.6. The van der Waals surface area contributed by atoms with Gasteiger partial charge in [0.15, 0.2) is 0 Å². The second kappa shape index (κ2) is 4.33. The van der Waals surface area contributed by atoms with Crippen LogP contribution in [0.4, 0.5) is 0 Å². The van der Waals surface area contributed by atoms with E-state index >= 15 is 0 Å². The number of rotatable bonds is 2. The number of aryl methyl sites for hydroxylation is 1. The molecule has 2 aliphatic rings. The number of halogens is 1.